The van der Waals surface area contributed by atoms with Crippen LogP contribution in [0.4, 0.5) is 0 Å². The average molecular weight is 216 g/mol. The molecule has 0 amide bonds. The van der Waals surface area contributed by atoms with Gasteiger partial charge in [0, 0.05) is 12.3 Å². The van der Waals surface area contributed by atoms with Crippen LogP contribution < -0.4 is 0 Å². The van der Waals surface area contributed by atoms with Gasteiger partial charge in [0.1, 0.15) is 0 Å². The van der Waals surface area contributed by atoms with Crippen molar-refractivity contribution in [3.8, 4) is 0 Å². The Balaban J connectivity index is 2.41. The number of carbonyl (C=O) groups is 1. The van der Waals surface area contributed by atoms with E-state index in [9.17, 15) is 9.90 Å². The molecule has 4 atom stereocenters. The molecule has 0 saturated carbocycles. The molecule has 15 heavy (non-hydrogen) atoms. The third-order valence-electron chi connectivity index (χ3n) is 2.96. The first-order valence-electron chi connectivity index (χ1n) is 5.53. The third kappa shape index (κ3) is 3.47. The van der Waals surface area contributed by atoms with Crippen LogP contribution in [0.25, 0.3) is 0 Å². The average Bonchev–Trinajstić information content (AvgIpc) is 2.14. The largest absolute Gasteiger partial charge is 0.466 e. The van der Waals surface area contributed by atoms with E-state index in [4.69, 9.17) is 9.47 Å². The van der Waals surface area contributed by atoms with Gasteiger partial charge in [-0.3, -0.25) is 4.79 Å². The highest BCUT2D eigenvalue weighted by Crippen LogP contribution is 2.26. The zero-order valence-corrected chi connectivity index (χ0v) is 9.60. The monoisotopic (exact) mass is 216 g/mol. The normalized spacial score (nSPS) is 36.3. The lowest BCUT2D eigenvalue weighted by atomic mass is 9.90. The van der Waals surface area contributed by atoms with Crippen molar-refractivity contribution in [3.63, 3.8) is 0 Å². The van der Waals surface area contributed by atoms with Crippen molar-refractivity contribution in [2.45, 2.75) is 51.9 Å². The zero-order valence-electron chi connectivity index (χ0n) is 9.60. The summed E-state index contributed by atoms with van der Waals surface area (Å²) < 4.78 is 10.5. The molecule has 88 valence electrons. The van der Waals surface area contributed by atoms with E-state index in [1.807, 2.05) is 13.8 Å². The first-order valence-corrected chi connectivity index (χ1v) is 5.53. The van der Waals surface area contributed by atoms with E-state index in [1.54, 1.807) is 6.92 Å². The molecule has 1 rings (SSSR count). The number of ether oxygens (including phenoxy) is 2. The second-order valence-corrected chi connectivity index (χ2v) is 4.13. The molecule has 0 aliphatic carbocycles. The van der Waals surface area contributed by atoms with E-state index in [1.165, 1.54) is 0 Å². The summed E-state index contributed by atoms with van der Waals surface area (Å²) in [4.78, 5) is 11.2. The highest BCUT2D eigenvalue weighted by molar-refractivity contribution is 5.69. The Morgan fingerprint density at radius 1 is 1.53 bits per heavy atom. The minimum atomic E-state index is -0.381. The van der Waals surface area contributed by atoms with Gasteiger partial charge in [-0.15, -0.1) is 0 Å². The van der Waals surface area contributed by atoms with Crippen molar-refractivity contribution >= 4 is 5.97 Å². The van der Waals surface area contributed by atoms with Gasteiger partial charge in [0.15, 0.2) is 0 Å². The van der Waals surface area contributed by atoms with Gasteiger partial charge in [0.05, 0.1) is 31.3 Å². The Labute approximate surface area is 90.6 Å². The molecular formula is C11H20O4. The third-order valence-corrected chi connectivity index (χ3v) is 2.96. The summed E-state index contributed by atoms with van der Waals surface area (Å²) in [5.41, 5.74) is 0. The second kappa shape index (κ2) is 5.47. The van der Waals surface area contributed by atoms with Crippen LogP contribution in [0.5, 0.6) is 0 Å². The Bertz CT molecular complexity index is 205. The number of aliphatic hydroxyl groups excluding tert-OH is 1. The topological polar surface area (TPSA) is 55.8 Å². The molecule has 4 heteroatoms. The summed E-state index contributed by atoms with van der Waals surface area (Å²) in [6.45, 7) is 6.04. The molecule has 0 aromatic rings. The SMILES string of the molecule is CCOC(=O)C[C@@H]1C[C@H](O)[C@@H](C)[C@H](C)O1. The van der Waals surface area contributed by atoms with Crippen molar-refractivity contribution in [2.24, 2.45) is 5.92 Å². The first-order chi connectivity index (χ1) is 7.04. The van der Waals surface area contributed by atoms with Crippen molar-refractivity contribution < 1.29 is 19.4 Å². The highest BCUT2D eigenvalue weighted by Gasteiger charge is 2.33. The Kier molecular flexibility index (Phi) is 4.54. The summed E-state index contributed by atoms with van der Waals surface area (Å²) in [7, 11) is 0. The van der Waals surface area contributed by atoms with Crippen molar-refractivity contribution in [3.05, 3.63) is 0 Å². The quantitative estimate of drug-likeness (QED) is 0.718. The minimum Gasteiger partial charge on any atom is -0.466 e. The fourth-order valence-corrected chi connectivity index (χ4v) is 1.82. The molecule has 0 spiro atoms. The fourth-order valence-electron chi connectivity index (χ4n) is 1.82. The molecule has 0 bridgehead atoms. The number of hydrogen-bond acceptors (Lipinski definition) is 4. The van der Waals surface area contributed by atoms with Gasteiger partial charge < -0.3 is 14.6 Å². The summed E-state index contributed by atoms with van der Waals surface area (Å²) >= 11 is 0. The maximum Gasteiger partial charge on any atom is 0.308 e. The lowest BCUT2D eigenvalue weighted by molar-refractivity contribution is -0.157. The van der Waals surface area contributed by atoms with E-state index in [-0.39, 0.29) is 36.6 Å². The van der Waals surface area contributed by atoms with Gasteiger partial charge >= 0.3 is 5.97 Å². The van der Waals surface area contributed by atoms with E-state index in [0.29, 0.717) is 13.0 Å². The minimum absolute atomic E-state index is 0.00632. The number of esters is 1. The molecule has 1 aliphatic rings. The van der Waals surface area contributed by atoms with Crippen molar-refractivity contribution in [2.75, 3.05) is 6.61 Å². The van der Waals surface area contributed by atoms with Crippen LogP contribution in [0.3, 0.4) is 0 Å². The summed E-state index contributed by atoms with van der Waals surface area (Å²) in [6, 6.07) is 0. The Morgan fingerprint density at radius 3 is 2.73 bits per heavy atom. The predicted octanol–water partition coefficient (Wildman–Crippen LogP) is 1.11. The molecular weight excluding hydrogens is 196 g/mol. The van der Waals surface area contributed by atoms with Gasteiger partial charge in [0.25, 0.3) is 0 Å². The Morgan fingerprint density at radius 2 is 2.20 bits per heavy atom. The van der Waals surface area contributed by atoms with Crippen LogP contribution in [-0.2, 0) is 14.3 Å². The van der Waals surface area contributed by atoms with Crippen LogP contribution in [0.2, 0.25) is 0 Å². The van der Waals surface area contributed by atoms with Gasteiger partial charge in [-0.1, -0.05) is 6.92 Å². The molecule has 1 fully saturated rings. The smallest absolute Gasteiger partial charge is 0.308 e. The predicted molar refractivity (Wildman–Crippen MR) is 55.4 cm³/mol. The van der Waals surface area contributed by atoms with Gasteiger partial charge in [0.2, 0.25) is 0 Å². The van der Waals surface area contributed by atoms with Gasteiger partial charge in [-0.05, 0) is 13.8 Å². The molecule has 1 heterocycles. The van der Waals surface area contributed by atoms with Gasteiger partial charge in [-0.2, -0.15) is 0 Å². The molecule has 4 nitrogen and oxygen atoms in total. The summed E-state index contributed by atoms with van der Waals surface area (Å²) in [5.74, 6) is -0.125. The van der Waals surface area contributed by atoms with E-state index < -0.39 is 0 Å². The molecule has 1 aliphatic heterocycles. The van der Waals surface area contributed by atoms with Crippen LogP contribution in [-0.4, -0.2) is 36.0 Å². The molecule has 1 saturated heterocycles. The van der Waals surface area contributed by atoms with Crippen LogP contribution in [0.15, 0.2) is 0 Å². The molecule has 0 radical (unpaired) electrons. The van der Waals surface area contributed by atoms with Crippen LogP contribution in [0.1, 0.15) is 33.6 Å². The zero-order chi connectivity index (χ0) is 11.4. The van der Waals surface area contributed by atoms with Gasteiger partial charge in [-0.25, -0.2) is 0 Å². The number of carbonyl (C=O) groups excluding carboxylic acids is 1. The number of hydrogen-bond donors (Lipinski definition) is 1. The van der Waals surface area contributed by atoms with Crippen LogP contribution >= 0.6 is 0 Å². The Hall–Kier alpha value is -0.610. The number of rotatable bonds is 3. The van der Waals surface area contributed by atoms with Crippen molar-refractivity contribution in [1.29, 1.82) is 0 Å². The van der Waals surface area contributed by atoms with Crippen molar-refractivity contribution in [1.82, 2.24) is 0 Å². The standard InChI is InChI=1S/C11H20O4/c1-4-14-11(13)6-9-5-10(12)7(2)8(3)15-9/h7-10,12H,4-6H2,1-3H3/t7-,8-,9-,10-/m0/s1. The van der Waals surface area contributed by atoms with E-state index in [0.717, 1.165) is 0 Å². The first kappa shape index (κ1) is 12.5. The maximum absolute atomic E-state index is 11.2. The maximum atomic E-state index is 11.2. The van der Waals surface area contributed by atoms with E-state index >= 15 is 0 Å². The lowest BCUT2D eigenvalue weighted by Crippen LogP contribution is -2.42. The molecule has 0 aromatic carbocycles. The molecule has 1 N–H and O–H groups in total. The fraction of sp³-hybridized carbons (Fsp3) is 0.909. The molecule has 0 unspecified atom stereocenters. The lowest BCUT2D eigenvalue weighted by Gasteiger charge is -2.36. The number of aliphatic hydroxyl groups is 1. The highest BCUT2D eigenvalue weighted by atomic mass is 16.5. The summed E-state index contributed by atoms with van der Waals surface area (Å²) in [5, 5.41) is 9.73. The van der Waals surface area contributed by atoms with E-state index in [2.05, 4.69) is 0 Å². The second-order valence-electron chi connectivity index (χ2n) is 4.13. The van der Waals surface area contributed by atoms with Crippen LogP contribution in [0, 0.1) is 5.92 Å². The summed E-state index contributed by atoms with van der Waals surface area (Å²) in [6.07, 6.45) is 0.165. The molecule has 0 aromatic heterocycles.